The molecule has 1 amide bonds. The van der Waals surface area contributed by atoms with Gasteiger partial charge in [0.25, 0.3) is 5.91 Å². The first-order chi connectivity index (χ1) is 15.1. The van der Waals surface area contributed by atoms with Gasteiger partial charge in [0.15, 0.2) is 6.61 Å². The number of phenolic OH excluding ortho intramolecular Hbond substituents is 1. The SMILES string of the molecule is O=C(COC(=O)c1c2c(nc3ccccc13)C(=Cc1ccc(O)cc1)CC2)NC1CC1. The fourth-order valence-electron chi connectivity index (χ4n) is 3.98. The maximum atomic E-state index is 13.0. The number of nitrogens with one attached hydrogen (secondary N) is 1. The number of aromatic nitrogens is 1. The first kappa shape index (κ1) is 19.3. The highest BCUT2D eigenvalue weighted by Gasteiger charge is 2.28. The molecule has 0 aliphatic heterocycles. The summed E-state index contributed by atoms with van der Waals surface area (Å²) in [5, 5.41) is 13.1. The van der Waals surface area contributed by atoms with Gasteiger partial charge in [-0.2, -0.15) is 0 Å². The number of esters is 1. The van der Waals surface area contributed by atoms with Crippen LogP contribution in [0.3, 0.4) is 0 Å². The van der Waals surface area contributed by atoms with Crippen molar-refractivity contribution in [2.45, 2.75) is 31.7 Å². The van der Waals surface area contributed by atoms with Crippen LogP contribution in [0.1, 0.15) is 46.4 Å². The van der Waals surface area contributed by atoms with E-state index in [1.807, 2.05) is 42.5 Å². The Bertz CT molecular complexity index is 1210. The highest BCUT2D eigenvalue weighted by atomic mass is 16.5. The van der Waals surface area contributed by atoms with Crippen molar-refractivity contribution in [1.82, 2.24) is 10.3 Å². The van der Waals surface area contributed by atoms with E-state index in [9.17, 15) is 14.7 Å². The summed E-state index contributed by atoms with van der Waals surface area (Å²) in [5.74, 6) is -0.542. The minimum atomic E-state index is -0.494. The van der Waals surface area contributed by atoms with Crippen molar-refractivity contribution < 1.29 is 19.4 Å². The van der Waals surface area contributed by atoms with Gasteiger partial charge < -0.3 is 15.2 Å². The Morgan fingerprint density at radius 1 is 1.10 bits per heavy atom. The predicted octanol–water partition coefficient (Wildman–Crippen LogP) is 3.86. The summed E-state index contributed by atoms with van der Waals surface area (Å²) >= 11 is 0. The molecule has 0 atom stereocenters. The third-order valence-electron chi connectivity index (χ3n) is 5.66. The van der Waals surface area contributed by atoms with E-state index < -0.39 is 5.97 Å². The topological polar surface area (TPSA) is 88.5 Å². The lowest BCUT2D eigenvalue weighted by molar-refractivity contribution is -0.124. The average molecular weight is 414 g/mol. The molecule has 0 spiro atoms. The molecule has 1 saturated carbocycles. The van der Waals surface area contributed by atoms with Gasteiger partial charge in [0.1, 0.15) is 5.75 Å². The lowest BCUT2D eigenvalue weighted by atomic mass is 10.0. The molecular formula is C25H22N2O4. The molecule has 6 nitrogen and oxygen atoms in total. The summed E-state index contributed by atoms with van der Waals surface area (Å²) < 4.78 is 5.39. The quantitative estimate of drug-likeness (QED) is 0.619. The Morgan fingerprint density at radius 2 is 1.87 bits per heavy atom. The van der Waals surface area contributed by atoms with Gasteiger partial charge in [-0.3, -0.25) is 4.79 Å². The first-order valence-electron chi connectivity index (χ1n) is 10.5. The maximum absolute atomic E-state index is 13.0. The molecule has 0 radical (unpaired) electrons. The number of allylic oxidation sites excluding steroid dienone is 1. The lowest BCUT2D eigenvalue weighted by Gasteiger charge is -2.12. The number of hydrogen-bond donors (Lipinski definition) is 2. The zero-order valence-corrected chi connectivity index (χ0v) is 16.9. The van der Waals surface area contributed by atoms with Crippen LogP contribution in [0, 0.1) is 0 Å². The third-order valence-corrected chi connectivity index (χ3v) is 5.66. The normalized spacial score (nSPS) is 16.3. The highest BCUT2D eigenvalue weighted by molar-refractivity contribution is 6.07. The molecule has 2 aliphatic carbocycles. The summed E-state index contributed by atoms with van der Waals surface area (Å²) in [6.45, 7) is -0.281. The molecule has 1 aromatic heterocycles. The molecule has 0 unspecified atom stereocenters. The fraction of sp³-hybridized carbons (Fsp3) is 0.240. The van der Waals surface area contributed by atoms with Crippen LogP contribution >= 0.6 is 0 Å². The summed E-state index contributed by atoms with van der Waals surface area (Å²) in [7, 11) is 0. The summed E-state index contributed by atoms with van der Waals surface area (Å²) in [4.78, 5) is 29.9. The van der Waals surface area contributed by atoms with E-state index in [1.165, 1.54) is 0 Å². The van der Waals surface area contributed by atoms with Crippen LogP contribution in [-0.2, 0) is 16.0 Å². The van der Waals surface area contributed by atoms with E-state index in [-0.39, 0.29) is 24.3 Å². The van der Waals surface area contributed by atoms with Crippen molar-refractivity contribution in [3.63, 3.8) is 0 Å². The molecule has 156 valence electrons. The monoisotopic (exact) mass is 414 g/mol. The Hall–Kier alpha value is -3.67. The number of hydrogen-bond acceptors (Lipinski definition) is 5. The number of benzene rings is 2. The zero-order valence-electron chi connectivity index (χ0n) is 16.9. The van der Waals surface area contributed by atoms with Crippen LogP contribution in [0.2, 0.25) is 0 Å². The number of carbonyl (C=O) groups is 2. The summed E-state index contributed by atoms with van der Waals surface area (Å²) in [6.07, 6.45) is 5.43. The second-order valence-electron chi connectivity index (χ2n) is 8.01. The average Bonchev–Trinajstić information content (AvgIpc) is 3.51. The molecule has 31 heavy (non-hydrogen) atoms. The van der Waals surface area contributed by atoms with E-state index in [0.29, 0.717) is 17.5 Å². The maximum Gasteiger partial charge on any atom is 0.339 e. The first-order valence-corrected chi connectivity index (χ1v) is 10.5. The van der Waals surface area contributed by atoms with Gasteiger partial charge in [-0.15, -0.1) is 0 Å². The van der Waals surface area contributed by atoms with Crippen LogP contribution in [-0.4, -0.2) is 34.6 Å². The summed E-state index contributed by atoms with van der Waals surface area (Å²) in [5.41, 5.74) is 4.85. The fourth-order valence-corrected chi connectivity index (χ4v) is 3.98. The Labute approximate surface area is 179 Å². The molecule has 1 fully saturated rings. The standard InChI is InChI=1S/C25H22N2O4/c28-18-10-5-15(6-11-18)13-16-7-12-20-23(19-3-1-2-4-21(19)27-24(16)20)25(30)31-14-22(29)26-17-8-9-17/h1-6,10-11,13,17,28H,7-9,12,14H2,(H,26,29). The molecule has 2 N–H and O–H groups in total. The van der Waals surface area contributed by atoms with Crippen molar-refractivity contribution >= 4 is 34.4 Å². The summed E-state index contributed by atoms with van der Waals surface area (Å²) in [6, 6.07) is 14.7. The van der Waals surface area contributed by atoms with E-state index in [4.69, 9.17) is 9.72 Å². The van der Waals surface area contributed by atoms with Gasteiger partial charge in [0.2, 0.25) is 0 Å². The molecule has 5 rings (SSSR count). The Morgan fingerprint density at radius 3 is 2.65 bits per heavy atom. The number of para-hydroxylation sites is 1. The third kappa shape index (κ3) is 4.01. The second-order valence-corrected chi connectivity index (χ2v) is 8.01. The molecule has 1 heterocycles. The van der Waals surface area contributed by atoms with E-state index >= 15 is 0 Å². The zero-order chi connectivity index (χ0) is 21.4. The van der Waals surface area contributed by atoms with E-state index in [1.54, 1.807) is 12.1 Å². The molecule has 2 aromatic carbocycles. The largest absolute Gasteiger partial charge is 0.508 e. The Kier molecular flexibility index (Phi) is 4.90. The number of rotatable bonds is 5. The number of phenols is 1. The van der Waals surface area contributed by atoms with Gasteiger partial charge in [-0.1, -0.05) is 30.3 Å². The van der Waals surface area contributed by atoms with Crippen molar-refractivity contribution in [2.75, 3.05) is 6.61 Å². The number of nitrogens with zero attached hydrogens (tertiary/aromatic N) is 1. The van der Waals surface area contributed by atoms with Gasteiger partial charge >= 0.3 is 5.97 Å². The molecule has 2 aliphatic rings. The van der Waals surface area contributed by atoms with Crippen molar-refractivity contribution in [2.24, 2.45) is 0 Å². The van der Waals surface area contributed by atoms with Gasteiger partial charge in [0.05, 0.1) is 16.8 Å². The van der Waals surface area contributed by atoms with E-state index in [2.05, 4.69) is 5.32 Å². The number of fused-ring (bicyclic) bond motifs is 2. The molecule has 0 bridgehead atoms. The van der Waals surface area contributed by atoms with Crippen molar-refractivity contribution in [3.05, 3.63) is 70.9 Å². The highest BCUT2D eigenvalue weighted by Crippen LogP contribution is 2.37. The smallest absolute Gasteiger partial charge is 0.339 e. The van der Waals surface area contributed by atoms with Crippen LogP contribution in [0.15, 0.2) is 48.5 Å². The number of pyridine rings is 1. The van der Waals surface area contributed by atoms with Crippen molar-refractivity contribution in [1.29, 1.82) is 0 Å². The molecule has 3 aromatic rings. The number of aromatic hydroxyl groups is 1. The second kappa shape index (κ2) is 7.87. The number of carbonyl (C=O) groups excluding carboxylic acids is 2. The minimum absolute atomic E-state index is 0.217. The van der Waals surface area contributed by atoms with Gasteiger partial charge in [0, 0.05) is 11.4 Å². The molecule has 0 saturated heterocycles. The Balaban J connectivity index is 1.50. The molecule has 6 heteroatoms. The van der Waals surface area contributed by atoms with Crippen LogP contribution in [0.25, 0.3) is 22.6 Å². The van der Waals surface area contributed by atoms with Crippen molar-refractivity contribution in [3.8, 4) is 5.75 Å². The van der Waals surface area contributed by atoms with Crippen LogP contribution < -0.4 is 5.32 Å². The van der Waals surface area contributed by atoms with Gasteiger partial charge in [-0.05, 0) is 66.7 Å². The molecular weight excluding hydrogens is 392 g/mol. The predicted molar refractivity (Wildman–Crippen MR) is 117 cm³/mol. The number of ether oxygens (including phenoxy) is 1. The minimum Gasteiger partial charge on any atom is -0.508 e. The lowest BCUT2D eigenvalue weighted by Crippen LogP contribution is -2.30. The number of amides is 1. The van der Waals surface area contributed by atoms with Crippen LogP contribution in [0.4, 0.5) is 0 Å². The van der Waals surface area contributed by atoms with Gasteiger partial charge in [-0.25, -0.2) is 9.78 Å². The van der Waals surface area contributed by atoms with E-state index in [0.717, 1.165) is 47.0 Å². The van der Waals surface area contributed by atoms with Crippen LogP contribution in [0.5, 0.6) is 5.75 Å².